The maximum Gasteiger partial charge on any atom is 0.222 e. The molecule has 0 saturated carbocycles. The first-order chi connectivity index (χ1) is 10.8. The molecule has 0 bridgehead atoms. The van der Waals surface area contributed by atoms with Crippen molar-refractivity contribution in [3.8, 4) is 5.75 Å². The fourth-order valence-corrected chi connectivity index (χ4v) is 3.18. The van der Waals surface area contributed by atoms with E-state index in [0.29, 0.717) is 17.9 Å². The Kier molecular flexibility index (Phi) is 4.53. The summed E-state index contributed by atoms with van der Waals surface area (Å²) in [6.07, 6.45) is 4.70. The van der Waals surface area contributed by atoms with E-state index in [0.717, 1.165) is 18.8 Å². The number of nitrogens with zero attached hydrogens (tertiary/aromatic N) is 3. The quantitative estimate of drug-likeness (QED) is 0.919. The second kappa shape index (κ2) is 6.75. The first-order valence-corrected chi connectivity index (χ1v) is 7.63. The summed E-state index contributed by atoms with van der Waals surface area (Å²) in [6, 6.07) is 10.6. The molecule has 0 unspecified atom stereocenters. The first kappa shape index (κ1) is 14.8. The van der Waals surface area contributed by atoms with Crippen LogP contribution in [0.25, 0.3) is 0 Å². The van der Waals surface area contributed by atoms with E-state index in [4.69, 9.17) is 4.74 Å². The van der Waals surface area contributed by atoms with Crippen molar-refractivity contribution in [2.45, 2.75) is 12.5 Å². The minimum Gasteiger partial charge on any atom is -0.497 e. The van der Waals surface area contributed by atoms with E-state index in [2.05, 4.69) is 39.4 Å². The highest BCUT2D eigenvalue weighted by Crippen LogP contribution is 2.36. The second-order valence-electron chi connectivity index (χ2n) is 5.70. The van der Waals surface area contributed by atoms with E-state index < -0.39 is 0 Å². The summed E-state index contributed by atoms with van der Waals surface area (Å²) in [6.45, 7) is 1.99. The average Bonchev–Trinajstić information content (AvgIpc) is 2.95. The van der Waals surface area contributed by atoms with Gasteiger partial charge in [-0.2, -0.15) is 0 Å². The number of anilines is 1. The van der Waals surface area contributed by atoms with E-state index in [9.17, 15) is 0 Å². The van der Waals surface area contributed by atoms with Gasteiger partial charge in [-0.1, -0.05) is 12.1 Å². The minimum atomic E-state index is 0.419. The smallest absolute Gasteiger partial charge is 0.222 e. The van der Waals surface area contributed by atoms with Gasteiger partial charge < -0.3 is 10.1 Å². The summed E-state index contributed by atoms with van der Waals surface area (Å²) in [7, 11) is 3.89. The molecule has 0 spiro atoms. The molecule has 1 aromatic heterocycles. The largest absolute Gasteiger partial charge is 0.497 e. The van der Waals surface area contributed by atoms with E-state index in [1.807, 2.05) is 18.2 Å². The number of nitrogens with one attached hydrogen (secondary N) is 1. The molecule has 2 atom stereocenters. The summed E-state index contributed by atoms with van der Waals surface area (Å²) in [5.41, 5.74) is 1.33. The second-order valence-corrected chi connectivity index (χ2v) is 5.70. The molecule has 1 aliphatic rings. The van der Waals surface area contributed by atoms with Crippen LogP contribution in [0.1, 0.15) is 18.0 Å². The van der Waals surface area contributed by atoms with Gasteiger partial charge in [0.05, 0.1) is 7.11 Å². The van der Waals surface area contributed by atoms with Crippen LogP contribution in [0.2, 0.25) is 0 Å². The molecule has 0 aliphatic carbocycles. The van der Waals surface area contributed by atoms with Crippen molar-refractivity contribution in [2.24, 2.45) is 5.92 Å². The van der Waals surface area contributed by atoms with Gasteiger partial charge in [0.25, 0.3) is 0 Å². The van der Waals surface area contributed by atoms with Crippen LogP contribution < -0.4 is 10.1 Å². The number of hydrogen-bond acceptors (Lipinski definition) is 5. The van der Waals surface area contributed by atoms with E-state index in [1.54, 1.807) is 19.5 Å². The van der Waals surface area contributed by atoms with Crippen molar-refractivity contribution >= 4 is 5.95 Å². The Morgan fingerprint density at radius 3 is 2.64 bits per heavy atom. The van der Waals surface area contributed by atoms with Gasteiger partial charge in [-0.3, -0.25) is 4.90 Å². The third-order valence-corrected chi connectivity index (χ3v) is 4.32. The molecule has 2 aromatic rings. The van der Waals surface area contributed by atoms with Crippen molar-refractivity contribution in [3.63, 3.8) is 0 Å². The Balaban J connectivity index is 1.70. The van der Waals surface area contributed by atoms with Crippen molar-refractivity contribution in [1.29, 1.82) is 0 Å². The van der Waals surface area contributed by atoms with E-state index in [1.165, 1.54) is 12.0 Å². The van der Waals surface area contributed by atoms with Crippen LogP contribution in [0.5, 0.6) is 5.75 Å². The van der Waals surface area contributed by atoms with Crippen LogP contribution in [0.15, 0.2) is 42.7 Å². The highest BCUT2D eigenvalue weighted by atomic mass is 16.5. The minimum absolute atomic E-state index is 0.419. The molecule has 1 fully saturated rings. The normalized spacial score (nSPS) is 21.7. The lowest BCUT2D eigenvalue weighted by molar-refractivity contribution is 0.281. The Bertz CT molecular complexity index is 587. The number of likely N-dealkylation sites (tertiary alicyclic amines) is 1. The highest BCUT2D eigenvalue weighted by Gasteiger charge is 2.32. The lowest BCUT2D eigenvalue weighted by Gasteiger charge is -2.26. The molecular formula is C17H22N4O. The van der Waals surface area contributed by atoms with Gasteiger partial charge in [0.15, 0.2) is 0 Å². The molecule has 1 N–H and O–H groups in total. The molecule has 0 radical (unpaired) electrons. The Hall–Kier alpha value is -2.14. The van der Waals surface area contributed by atoms with Crippen molar-refractivity contribution in [2.75, 3.05) is 32.6 Å². The van der Waals surface area contributed by atoms with Gasteiger partial charge in [0.2, 0.25) is 5.95 Å². The summed E-state index contributed by atoms with van der Waals surface area (Å²) >= 11 is 0. The fourth-order valence-electron chi connectivity index (χ4n) is 3.18. The number of aromatic nitrogens is 2. The first-order valence-electron chi connectivity index (χ1n) is 7.63. The summed E-state index contributed by atoms with van der Waals surface area (Å²) < 4.78 is 5.25. The highest BCUT2D eigenvalue weighted by molar-refractivity contribution is 5.31. The van der Waals surface area contributed by atoms with Gasteiger partial charge in [-0.05, 0) is 49.7 Å². The maximum atomic E-state index is 5.25. The molecule has 116 valence electrons. The molecule has 0 amide bonds. The van der Waals surface area contributed by atoms with Crippen molar-refractivity contribution < 1.29 is 4.74 Å². The predicted molar refractivity (Wildman–Crippen MR) is 87.0 cm³/mol. The van der Waals surface area contributed by atoms with Gasteiger partial charge in [-0.25, -0.2) is 9.97 Å². The van der Waals surface area contributed by atoms with Crippen LogP contribution in [-0.2, 0) is 0 Å². The molecule has 1 aliphatic heterocycles. The lowest BCUT2D eigenvalue weighted by atomic mass is 9.93. The monoisotopic (exact) mass is 298 g/mol. The number of methoxy groups -OCH3 is 1. The fraction of sp³-hybridized carbons (Fsp3) is 0.412. The van der Waals surface area contributed by atoms with Crippen LogP contribution in [0.3, 0.4) is 0 Å². The van der Waals surface area contributed by atoms with Gasteiger partial charge in [0.1, 0.15) is 5.75 Å². The van der Waals surface area contributed by atoms with E-state index in [-0.39, 0.29) is 0 Å². The number of rotatable bonds is 5. The molecule has 3 rings (SSSR count). The molecule has 22 heavy (non-hydrogen) atoms. The topological polar surface area (TPSA) is 50.3 Å². The maximum absolute atomic E-state index is 5.25. The van der Waals surface area contributed by atoms with Gasteiger partial charge >= 0.3 is 0 Å². The number of ether oxygens (including phenoxy) is 1. The molecule has 2 heterocycles. The Labute approximate surface area is 131 Å². The number of hydrogen-bond donors (Lipinski definition) is 1. The number of benzene rings is 1. The standard InChI is InChI=1S/C17H22N4O/c1-21-11-8-14(12-20-17-18-9-3-10-19-17)16(21)13-4-6-15(22-2)7-5-13/h3-7,9-10,14,16H,8,11-12H2,1-2H3,(H,18,19,20)/t14-,16+/m1/s1. The molecule has 1 saturated heterocycles. The SMILES string of the molecule is COc1ccc([C@H]2[C@@H](CNc3ncccn3)CCN2C)cc1. The third-order valence-electron chi connectivity index (χ3n) is 4.32. The Morgan fingerprint density at radius 1 is 1.23 bits per heavy atom. The average molecular weight is 298 g/mol. The molecule has 5 nitrogen and oxygen atoms in total. The summed E-state index contributed by atoms with van der Waals surface area (Å²) in [4.78, 5) is 10.9. The van der Waals surface area contributed by atoms with E-state index >= 15 is 0 Å². The summed E-state index contributed by atoms with van der Waals surface area (Å²) in [5, 5.41) is 3.36. The third kappa shape index (κ3) is 3.20. The van der Waals surface area contributed by atoms with Crippen LogP contribution in [-0.4, -0.2) is 42.1 Å². The van der Waals surface area contributed by atoms with Crippen LogP contribution in [0, 0.1) is 5.92 Å². The van der Waals surface area contributed by atoms with Crippen molar-refractivity contribution in [1.82, 2.24) is 14.9 Å². The van der Waals surface area contributed by atoms with Crippen LogP contribution in [0.4, 0.5) is 5.95 Å². The van der Waals surface area contributed by atoms with Crippen molar-refractivity contribution in [3.05, 3.63) is 48.3 Å². The zero-order valence-corrected chi connectivity index (χ0v) is 13.1. The predicted octanol–water partition coefficient (Wildman–Crippen LogP) is 2.59. The Morgan fingerprint density at radius 2 is 1.95 bits per heavy atom. The zero-order valence-electron chi connectivity index (χ0n) is 13.1. The molecular weight excluding hydrogens is 276 g/mol. The molecule has 5 heteroatoms. The van der Waals surface area contributed by atoms with Gasteiger partial charge in [0, 0.05) is 25.0 Å². The lowest BCUT2D eigenvalue weighted by Crippen LogP contribution is -2.25. The zero-order chi connectivity index (χ0) is 15.4. The van der Waals surface area contributed by atoms with Crippen LogP contribution >= 0.6 is 0 Å². The molecule has 1 aromatic carbocycles. The van der Waals surface area contributed by atoms with Gasteiger partial charge in [-0.15, -0.1) is 0 Å². The summed E-state index contributed by atoms with van der Waals surface area (Å²) in [5.74, 6) is 2.14.